The van der Waals surface area contributed by atoms with Crippen molar-refractivity contribution in [1.29, 1.82) is 0 Å². The fraction of sp³-hybridized carbons (Fsp3) is 0.0667. The van der Waals surface area contributed by atoms with Crippen LogP contribution in [0.1, 0.15) is 5.56 Å². The summed E-state index contributed by atoms with van der Waals surface area (Å²) in [7, 11) is 0. The molecule has 0 saturated heterocycles. The summed E-state index contributed by atoms with van der Waals surface area (Å²) in [6.07, 6.45) is 1.46. The van der Waals surface area contributed by atoms with Crippen LogP contribution in [0.15, 0.2) is 48.9 Å². The maximum Gasteiger partial charge on any atom is 0.259 e. The predicted molar refractivity (Wildman–Crippen MR) is 110 cm³/mol. The van der Waals surface area contributed by atoms with Crippen molar-refractivity contribution in [2.45, 2.75) is 0 Å². The number of hydrazone groups is 1. The van der Waals surface area contributed by atoms with Gasteiger partial charge in [0, 0.05) is 24.0 Å². The van der Waals surface area contributed by atoms with Crippen molar-refractivity contribution in [3.05, 3.63) is 59.4 Å². The molecule has 2 N–H and O–H groups in total. The third-order valence-electron chi connectivity index (χ3n) is 2.79. The van der Waals surface area contributed by atoms with Crippen LogP contribution in [0.2, 0.25) is 10.0 Å². The molecule has 2 aromatic rings. The van der Waals surface area contributed by atoms with Crippen LogP contribution in [0.5, 0.6) is 0 Å². The van der Waals surface area contributed by atoms with E-state index in [9.17, 15) is 4.79 Å². The molecule has 0 saturated carbocycles. The molecule has 1 amide bonds. The molecule has 0 aliphatic rings. The lowest BCUT2D eigenvalue weighted by molar-refractivity contribution is -0.119. The highest BCUT2D eigenvalue weighted by molar-refractivity contribution is 9.11. The first-order valence-electron chi connectivity index (χ1n) is 6.52. The van der Waals surface area contributed by atoms with Crippen LogP contribution in [0.25, 0.3) is 0 Å². The van der Waals surface area contributed by atoms with E-state index in [2.05, 4.69) is 63.6 Å². The maximum atomic E-state index is 11.9. The first-order valence-corrected chi connectivity index (χ1v) is 9.65. The Labute approximate surface area is 174 Å². The monoisotopic (exact) mass is 555 g/mol. The quantitative estimate of drug-likeness (QED) is 0.358. The molecule has 0 radical (unpaired) electrons. The average Bonchev–Trinajstić information content (AvgIpc) is 2.48. The number of hydrogen-bond acceptors (Lipinski definition) is 3. The normalized spacial score (nSPS) is 10.9. The molecule has 24 heavy (non-hydrogen) atoms. The van der Waals surface area contributed by atoms with Crippen LogP contribution in [0, 0.1) is 0 Å². The van der Waals surface area contributed by atoms with Crippen LogP contribution < -0.4 is 10.7 Å². The van der Waals surface area contributed by atoms with Crippen molar-refractivity contribution in [2.24, 2.45) is 5.10 Å². The average molecular weight is 559 g/mol. The second kappa shape index (κ2) is 9.20. The molecule has 0 bridgehead atoms. The largest absolute Gasteiger partial charge is 0.374 e. The maximum absolute atomic E-state index is 11.9. The van der Waals surface area contributed by atoms with Gasteiger partial charge in [0.05, 0.1) is 23.5 Å². The smallest absolute Gasteiger partial charge is 0.259 e. The number of carbonyl (C=O) groups excluding carboxylic acids is 1. The van der Waals surface area contributed by atoms with Crippen molar-refractivity contribution in [3.8, 4) is 0 Å². The second-order valence-electron chi connectivity index (χ2n) is 4.56. The number of hydrogen-bond donors (Lipinski definition) is 2. The van der Waals surface area contributed by atoms with Gasteiger partial charge in [-0.3, -0.25) is 4.79 Å². The van der Waals surface area contributed by atoms with E-state index >= 15 is 0 Å². The summed E-state index contributed by atoms with van der Waals surface area (Å²) in [4.78, 5) is 11.9. The van der Waals surface area contributed by atoms with Crippen molar-refractivity contribution >= 4 is 88.8 Å². The van der Waals surface area contributed by atoms with Gasteiger partial charge in [-0.05, 0) is 56.1 Å². The number of anilines is 1. The van der Waals surface area contributed by atoms with Crippen molar-refractivity contribution < 1.29 is 4.79 Å². The third kappa shape index (κ3) is 5.74. The van der Waals surface area contributed by atoms with Crippen LogP contribution in [0.3, 0.4) is 0 Å². The van der Waals surface area contributed by atoms with E-state index in [4.69, 9.17) is 23.2 Å². The van der Waals surface area contributed by atoms with Crippen molar-refractivity contribution in [3.63, 3.8) is 0 Å². The SMILES string of the molecule is O=C(CNc1c(Br)cc(Br)cc1Br)N/N=C\c1ccc(Cl)cc1Cl. The first kappa shape index (κ1) is 19.7. The number of rotatable bonds is 5. The highest BCUT2D eigenvalue weighted by Crippen LogP contribution is 2.34. The molecule has 0 heterocycles. The Morgan fingerprint density at radius 2 is 1.79 bits per heavy atom. The van der Waals surface area contributed by atoms with Gasteiger partial charge >= 0.3 is 0 Å². The molecule has 4 nitrogen and oxygen atoms in total. The number of halogens is 5. The lowest BCUT2D eigenvalue weighted by Gasteiger charge is -2.10. The number of benzene rings is 2. The van der Waals surface area contributed by atoms with Gasteiger partial charge in [-0.1, -0.05) is 45.2 Å². The van der Waals surface area contributed by atoms with E-state index in [0.29, 0.717) is 15.6 Å². The summed E-state index contributed by atoms with van der Waals surface area (Å²) in [5.74, 6) is -0.293. The van der Waals surface area contributed by atoms with Gasteiger partial charge in [0.2, 0.25) is 0 Å². The molecular formula is C15H10Br3Cl2N3O. The summed E-state index contributed by atoms with van der Waals surface area (Å²) in [6, 6.07) is 8.78. The summed E-state index contributed by atoms with van der Waals surface area (Å²) in [5.41, 5.74) is 3.87. The molecule has 0 aliphatic carbocycles. The van der Waals surface area contributed by atoms with E-state index in [1.807, 2.05) is 12.1 Å². The van der Waals surface area contributed by atoms with Crippen LogP contribution >= 0.6 is 71.0 Å². The third-order valence-corrected chi connectivity index (χ3v) is 5.06. The van der Waals surface area contributed by atoms with Gasteiger partial charge in [0.15, 0.2) is 0 Å². The van der Waals surface area contributed by atoms with E-state index < -0.39 is 0 Å². The minimum absolute atomic E-state index is 0.0600. The molecule has 0 spiro atoms. The molecular weight excluding hydrogens is 549 g/mol. The first-order chi connectivity index (χ1) is 11.4. The van der Waals surface area contributed by atoms with Gasteiger partial charge in [-0.2, -0.15) is 5.10 Å². The van der Waals surface area contributed by atoms with Crippen molar-refractivity contribution in [2.75, 3.05) is 11.9 Å². The van der Waals surface area contributed by atoms with E-state index in [-0.39, 0.29) is 12.5 Å². The van der Waals surface area contributed by atoms with Gasteiger partial charge < -0.3 is 5.32 Å². The minimum Gasteiger partial charge on any atom is -0.374 e. The van der Waals surface area contributed by atoms with Crippen molar-refractivity contribution in [1.82, 2.24) is 5.43 Å². The highest BCUT2D eigenvalue weighted by atomic mass is 79.9. The molecule has 0 aromatic heterocycles. The Hall–Kier alpha value is -0.600. The summed E-state index contributed by atoms with van der Waals surface area (Å²) < 4.78 is 2.57. The van der Waals surface area contributed by atoms with Crippen LogP contribution in [-0.4, -0.2) is 18.7 Å². The van der Waals surface area contributed by atoms with Gasteiger partial charge in [-0.15, -0.1) is 0 Å². The molecule has 126 valence electrons. The summed E-state index contributed by atoms with van der Waals surface area (Å²) >= 11 is 22.1. The second-order valence-corrected chi connectivity index (χ2v) is 8.02. The molecule has 0 aliphatic heterocycles. The Morgan fingerprint density at radius 3 is 2.42 bits per heavy atom. The Morgan fingerprint density at radius 1 is 1.12 bits per heavy atom. The zero-order chi connectivity index (χ0) is 17.7. The Kier molecular flexibility index (Phi) is 7.56. The number of amides is 1. The standard InChI is InChI=1S/C15H10Br3Cl2N3O/c16-9-3-11(17)15(12(18)4-9)21-7-14(24)23-22-6-8-1-2-10(19)5-13(8)20/h1-6,21H,7H2,(H,23,24)/b22-6-. The lowest BCUT2D eigenvalue weighted by Crippen LogP contribution is -2.26. The van der Waals surface area contributed by atoms with Gasteiger partial charge in [0.25, 0.3) is 5.91 Å². The topological polar surface area (TPSA) is 53.5 Å². The zero-order valence-corrected chi connectivity index (χ0v) is 18.2. The summed E-state index contributed by atoms with van der Waals surface area (Å²) in [5, 5.41) is 7.91. The number of nitrogens with one attached hydrogen (secondary N) is 2. The predicted octanol–water partition coefficient (Wildman–Crippen LogP) is 5.84. The van der Waals surface area contributed by atoms with E-state index in [0.717, 1.165) is 19.1 Å². The number of carbonyl (C=O) groups is 1. The number of nitrogens with zero attached hydrogens (tertiary/aromatic N) is 1. The van der Waals surface area contributed by atoms with E-state index in [1.165, 1.54) is 6.21 Å². The molecule has 9 heteroatoms. The highest BCUT2D eigenvalue weighted by Gasteiger charge is 2.08. The molecule has 0 unspecified atom stereocenters. The molecule has 2 rings (SSSR count). The fourth-order valence-corrected chi connectivity index (χ4v) is 4.70. The minimum atomic E-state index is -0.293. The Bertz CT molecular complexity index is 777. The van der Waals surface area contributed by atoms with Gasteiger partial charge in [-0.25, -0.2) is 5.43 Å². The molecule has 0 atom stereocenters. The molecule has 2 aromatic carbocycles. The van der Waals surface area contributed by atoms with Gasteiger partial charge in [0.1, 0.15) is 0 Å². The lowest BCUT2D eigenvalue weighted by atomic mass is 10.2. The van der Waals surface area contributed by atoms with Crippen LogP contribution in [-0.2, 0) is 4.79 Å². The summed E-state index contributed by atoms with van der Waals surface area (Å²) in [6.45, 7) is 0.0600. The Balaban J connectivity index is 1.91. The van der Waals surface area contributed by atoms with Crippen LogP contribution in [0.4, 0.5) is 5.69 Å². The molecule has 0 fully saturated rings. The fourth-order valence-electron chi connectivity index (χ4n) is 1.70. The van der Waals surface area contributed by atoms with E-state index in [1.54, 1.807) is 18.2 Å². The zero-order valence-electron chi connectivity index (χ0n) is 11.9.